The number of nitrogen functional groups attached to an aromatic ring is 1. The highest BCUT2D eigenvalue weighted by Gasteiger charge is 2.59. The number of aromatic nitrogens is 2. The quantitative estimate of drug-likeness (QED) is 0.572. The zero-order valence-electron chi connectivity index (χ0n) is 15.9. The molecule has 7 heteroatoms. The minimum Gasteiger partial charge on any atom is -0.397 e. The number of nitrogens with two attached hydrogens (primary N) is 1. The fourth-order valence-electron chi connectivity index (χ4n) is 4.72. The van der Waals surface area contributed by atoms with Crippen LogP contribution in [0.5, 0.6) is 0 Å². The van der Waals surface area contributed by atoms with Crippen molar-refractivity contribution >= 4 is 39.8 Å². The molecule has 0 bridgehead atoms. The number of nitrogens with one attached hydrogen (secondary N) is 1. The van der Waals surface area contributed by atoms with Crippen LogP contribution >= 0.6 is 11.6 Å². The van der Waals surface area contributed by atoms with Crippen molar-refractivity contribution < 1.29 is 9.90 Å². The number of benzene rings is 1. The Labute approximate surface area is 173 Å². The number of anilines is 2. The van der Waals surface area contributed by atoms with Gasteiger partial charge in [-0.3, -0.25) is 9.78 Å². The highest BCUT2D eigenvalue weighted by molar-refractivity contribution is 6.37. The monoisotopic (exact) mass is 408 g/mol. The third kappa shape index (κ3) is 3.03. The Morgan fingerprint density at radius 3 is 2.72 bits per heavy atom. The molecule has 2 fully saturated rings. The zero-order chi connectivity index (χ0) is 20.3. The molecular weight excluding hydrogens is 388 g/mol. The molecule has 2 unspecified atom stereocenters. The molecule has 3 aromatic rings. The van der Waals surface area contributed by atoms with Gasteiger partial charge < -0.3 is 16.2 Å². The predicted molar refractivity (Wildman–Crippen MR) is 113 cm³/mol. The molecule has 4 N–H and O–H groups in total. The topological polar surface area (TPSA) is 101 Å². The van der Waals surface area contributed by atoms with Gasteiger partial charge in [0.05, 0.1) is 16.8 Å². The Bertz CT molecular complexity index is 1140. The summed E-state index contributed by atoms with van der Waals surface area (Å²) in [6.45, 7) is 2.00. The maximum Gasteiger partial charge on any atom is 0.229 e. The molecule has 2 aliphatic carbocycles. The van der Waals surface area contributed by atoms with E-state index in [1.54, 1.807) is 18.6 Å². The van der Waals surface area contributed by atoms with Gasteiger partial charge in [0.15, 0.2) is 0 Å². The first-order valence-electron chi connectivity index (χ1n) is 9.71. The lowest BCUT2D eigenvalue weighted by Gasteiger charge is -2.14. The Morgan fingerprint density at radius 2 is 2.00 bits per heavy atom. The molecule has 5 rings (SSSR count). The summed E-state index contributed by atoms with van der Waals surface area (Å²) < 4.78 is 0. The largest absolute Gasteiger partial charge is 0.397 e. The van der Waals surface area contributed by atoms with Crippen LogP contribution in [0.25, 0.3) is 21.9 Å². The van der Waals surface area contributed by atoms with Gasteiger partial charge in [-0.25, -0.2) is 4.98 Å². The van der Waals surface area contributed by atoms with Crippen LogP contribution in [-0.4, -0.2) is 27.1 Å². The molecule has 6 nitrogen and oxygen atoms in total. The van der Waals surface area contributed by atoms with E-state index in [4.69, 9.17) is 17.3 Å². The third-order valence-electron chi connectivity index (χ3n) is 6.30. The number of nitrogens with zero attached hydrogens (tertiary/aromatic N) is 2. The van der Waals surface area contributed by atoms with E-state index in [0.29, 0.717) is 28.4 Å². The maximum atomic E-state index is 12.6. The molecule has 0 radical (unpaired) electrons. The number of fused-ring (bicyclic) bond motifs is 2. The second-order valence-corrected chi connectivity index (χ2v) is 8.48. The lowest BCUT2D eigenvalue weighted by Crippen LogP contribution is -2.19. The van der Waals surface area contributed by atoms with E-state index in [-0.39, 0.29) is 17.9 Å². The predicted octanol–water partition coefficient (Wildman–Crippen LogP) is 3.80. The number of aliphatic hydroxyl groups is 1. The summed E-state index contributed by atoms with van der Waals surface area (Å²) in [6, 6.07) is 5.70. The first-order valence-corrected chi connectivity index (χ1v) is 10.1. The summed E-state index contributed by atoms with van der Waals surface area (Å²) >= 11 is 6.55. The molecule has 0 saturated heterocycles. The molecule has 2 aliphatic rings. The van der Waals surface area contributed by atoms with E-state index in [1.807, 2.05) is 25.1 Å². The van der Waals surface area contributed by atoms with Crippen LogP contribution in [0.4, 0.5) is 11.5 Å². The van der Waals surface area contributed by atoms with Crippen molar-refractivity contribution in [2.24, 2.45) is 17.8 Å². The molecule has 0 aliphatic heterocycles. The fraction of sp³-hybridized carbons (Fsp3) is 0.318. The van der Waals surface area contributed by atoms with E-state index < -0.39 is 0 Å². The normalized spacial score (nSPS) is 25.1. The van der Waals surface area contributed by atoms with Crippen LogP contribution in [0, 0.1) is 24.7 Å². The summed E-state index contributed by atoms with van der Waals surface area (Å²) in [5.74, 6) is 1.06. The van der Waals surface area contributed by atoms with Gasteiger partial charge in [-0.1, -0.05) is 11.6 Å². The number of hydrogen-bond donors (Lipinski definition) is 3. The molecule has 2 saturated carbocycles. The summed E-state index contributed by atoms with van der Waals surface area (Å²) in [5, 5.41) is 14.6. The van der Waals surface area contributed by atoms with E-state index in [1.165, 1.54) is 0 Å². The van der Waals surface area contributed by atoms with Gasteiger partial charge in [-0.15, -0.1) is 0 Å². The van der Waals surface area contributed by atoms with Gasteiger partial charge in [0.1, 0.15) is 5.82 Å². The van der Waals surface area contributed by atoms with Crippen molar-refractivity contribution in [3.63, 3.8) is 0 Å². The second-order valence-electron chi connectivity index (χ2n) is 8.10. The van der Waals surface area contributed by atoms with Crippen LogP contribution in [0.3, 0.4) is 0 Å². The van der Waals surface area contributed by atoms with Gasteiger partial charge in [0.25, 0.3) is 0 Å². The Morgan fingerprint density at radius 1 is 1.24 bits per heavy atom. The summed E-state index contributed by atoms with van der Waals surface area (Å²) in [5.41, 5.74) is 9.51. The molecular formula is C22H21ClN4O2. The maximum absolute atomic E-state index is 12.6. The van der Waals surface area contributed by atoms with Crippen molar-refractivity contribution in [1.82, 2.24) is 9.97 Å². The fourth-order valence-corrected chi connectivity index (χ4v) is 4.98. The Hall–Kier alpha value is -2.70. The average Bonchev–Trinajstić information content (AvgIpc) is 3.22. The Balaban J connectivity index is 1.47. The molecule has 148 valence electrons. The molecule has 2 aromatic heterocycles. The van der Waals surface area contributed by atoms with Gasteiger partial charge in [-0.2, -0.15) is 0 Å². The third-order valence-corrected chi connectivity index (χ3v) is 6.71. The summed E-state index contributed by atoms with van der Waals surface area (Å²) in [4.78, 5) is 21.2. The number of halogens is 1. The molecule has 2 heterocycles. The van der Waals surface area contributed by atoms with Crippen LogP contribution in [0.15, 0.2) is 36.8 Å². The number of aliphatic hydroxyl groups excluding tert-OH is 1. The highest BCUT2D eigenvalue weighted by Crippen LogP contribution is 2.57. The molecule has 4 atom stereocenters. The second kappa shape index (κ2) is 6.68. The number of amides is 1. The lowest BCUT2D eigenvalue weighted by molar-refractivity contribution is -0.118. The van der Waals surface area contributed by atoms with Crippen LogP contribution in [0.1, 0.15) is 18.4 Å². The average molecular weight is 409 g/mol. The van der Waals surface area contributed by atoms with Crippen LogP contribution in [0.2, 0.25) is 5.02 Å². The smallest absolute Gasteiger partial charge is 0.229 e. The first kappa shape index (κ1) is 18.3. The minimum atomic E-state index is -0.255. The minimum absolute atomic E-state index is 0.0141. The van der Waals surface area contributed by atoms with Crippen LogP contribution in [-0.2, 0) is 4.79 Å². The molecule has 1 amide bonds. The van der Waals surface area contributed by atoms with Gasteiger partial charge in [0, 0.05) is 41.0 Å². The van der Waals surface area contributed by atoms with Crippen molar-refractivity contribution in [3.8, 4) is 11.1 Å². The SMILES string of the molecule is Cc1ccncc1-c1cc2cc(NC(=O)C3[C@H]4CC(O)C[C@@H]34)ncc2c(N)c1Cl. The van der Waals surface area contributed by atoms with Gasteiger partial charge >= 0.3 is 0 Å². The number of pyridine rings is 2. The van der Waals surface area contributed by atoms with E-state index in [0.717, 1.165) is 40.3 Å². The summed E-state index contributed by atoms with van der Waals surface area (Å²) in [7, 11) is 0. The van der Waals surface area contributed by atoms with Crippen molar-refractivity contribution in [2.45, 2.75) is 25.9 Å². The molecule has 0 spiro atoms. The zero-order valence-corrected chi connectivity index (χ0v) is 16.6. The number of rotatable bonds is 3. The van der Waals surface area contributed by atoms with Crippen molar-refractivity contribution in [1.29, 1.82) is 0 Å². The summed E-state index contributed by atoms with van der Waals surface area (Å²) in [6.07, 6.45) is 6.33. The van der Waals surface area contributed by atoms with Crippen LogP contribution < -0.4 is 11.1 Å². The first-order chi connectivity index (χ1) is 13.9. The lowest BCUT2D eigenvalue weighted by atomic mass is 9.99. The van der Waals surface area contributed by atoms with E-state index in [9.17, 15) is 9.90 Å². The highest BCUT2D eigenvalue weighted by atomic mass is 35.5. The van der Waals surface area contributed by atoms with Gasteiger partial charge in [-0.05, 0) is 60.7 Å². The van der Waals surface area contributed by atoms with Crippen molar-refractivity contribution in [2.75, 3.05) is 11.1 Å². The molecule has 29 heavy (non-hydrogen) atoms. The van der Waals surface area contributed by atoms with Gasteiger partial charge in [0.2, 0.25) is 5.91 Å². The van der Waals surface area contributed by atoms with E-state index >= 15 is 0 Å². The number of aryl methyl sites for hydroxylation is 1. The number of carbonyl (C=O) groups excluding carboxylic acids is 1. The Kier molecular flexibility index (Phi) is 4.22. The van der Waals surface area contributed by atoms with Crippen molar-refractivity contribution in [3.05, 3.63) is 47.4 Å². The van der Waals surface area contributed by atoms with E-state index in [2.05, 4.69) is 15.3 Å². The molecule has 1 aromatic carbocycles. The standard InChI is InChI=1S/C22H21ClN4O2/c1-10-2-3-25-8-16(10)15-4-11-5-18(26-9-17(11)21(24)20(15)23)27-22(29)19-13-6-12(28)7-14(13)19/h2-5,8-9,12-14,19,28H,6-7,24H2,1H3,(H,26,27,29)/t12?,13-,14+,19?. The number of carbonyl (C=O) groups is 1. The number of hydrogen-bond acceptors (Lipinski definition) is 5.